The quantitative estimate of drug-likeness (QED) is 0.779. The lowest BCUT2D eigenvalue weighted by Gasteiger charge is -2.13. The highest BCUT2D eigenvalue weighted by Gasteiger charge is 2.19. The predicted molar refractivity (Wildman–Crippen MR) is 79.0 cm³/mol. The van der Waals surface area contributed by atoms with Crippen LogP contribution >= 0.6 is 0 Å². The molecule has 0 heterocycles. The molecule has 2 heteroatoms. The van der Waals surface area contributed by atoms with Gasteiger partial charge in [0.15, 0.2) is 0 Å². The third-order valence-corrected chi connectivity index (χ3v) is 4.07. The van der Waals surface area contributed by atoms with Crippen molar-refractivity contribution in [2.75, 3.05) is 6.54 Å². The maximum Gasteiger partial charge on any atom is 0.129 e. The summed E-state index contributed by atoms with van der Waals surface area (Å²) < 4.78 is 13.5. The lowest BCUT2D eigenvalue weighted by molar-refractivity contribution is 0.469. The summed E-state index contributed by atoms with van der Waals surface area (Å²) in [5.74, 6) is 0.683. The summed E-state index contributed by atoms with van der Waals surface area (Å²) in [6.45, 7) is 7.18. The fraction of sp³-hybridized carbons (Fsp3) is 0.647. The zero-order valence-electron chi connectivity index (χ0n) is 12.4. The molecule has 1 aliphatic carbocycles. The Labute approximate surface area is 116 Å². The van der Waals surface area contributed by atoms with Crippen molar-refractivity contribution in [1.82, 2.24) is 5.32 Å². The SMILES string of the molecule is Cc1cc(CCC(C)CCNC2CC2)cc(C)c1F. The number of hydrogen-bond donors (Lipinski definition) is 1. The van der Waals surface area contributed by atoms with Crippen LogP contribution in [0.5, 0.6) is 0 Å². The van der Waals surface area contributed by atoms with E-state index in [9.17, 15) is 4.39 Å². The molecule has 1 N–H and O–H groups in total. The number of rotatable bonds is 7. The first-order valence-corrected chi connectivity index (χ1v) is 7.55. The minimum absolute atomic E-state index is 0.0505. The molecule has 1 saturated carbocycles. The molecule has 1 aromatic carbocycles. The topological polar surface area (TPSA) is 12.0 Å². The normalized spacial score (nSPS) is 16.6. The third kappa shape index (κ3) is 4.61. The van der Waals surface area contributed by atoms with Crippen LogP contribution in [-0.2, 0) is 6.42 Å². The van der Waals surface area contributed by atoms with Gasteiger partial charge >= 0.3 is 0 Å². The van der Waals surface area contributed by atoms with E-state index >= 15 is 0 Å². The van der Waals surface area contributed by atoms with Crippen molar-refractivity contribution in [3.63, 3.8) is 0 Å². The monoisotopic (exact) mass is 263 g/mol. The van der Waals surface area contributed by atoms with Crippen LogP contribution in [0.25, 0.3) is 0 Å². The largest absolute Gasteiger partial charge is 0.314 e. The van der Waals surface area contributed by atoms with Crippen molar-refractivity contribution in [3.05, 3.63) is 34.6 Å². The smallest absolute Gasteiger partial charge is 0.129 e. The van der Waals surface area contributed by atoms with Crippen molar-refractivity contribution in [2.24, 2.45) is 5.92 Å². The average molecular weight is 263 g/mol. The van der Waals surface area contributed by atoms with Gasteiger partial charge in [-0.05, 0) is 75.1 Å². The first kappa shape index (κ1) is 14.5. The zero-order valence-corrected chi connectivity index (χ0v) is 12.4. The molecule has 1 aromatic rings. The Morgan fingerprint density at radius 3 is 2.42 bits per heavy atom. The van der Waals surface area contributed by atoms with Gasteiger partial charge in [-0.2, -0.15) is 0 Å². The summed E-state index contributed by atoms with van der Waals surface area (Å²) >= 11 is 0. The van der Waals surface area contributed by atoms with Gasteiger partial charge in [0, 0.05) is 6.04 Å². The molecule has 1 unspecified atom stereocenters. The van der Waals surface area contributed by atoms with Crippen LogP contribution < -0.4 is 5.32 Å². The minimum atomic E-state index is -0.0505. The predicted octanol–water partition coefficient (Wildman–Crippen LogP) is 4.15. The van der Waals surface area contributed by atoms with Crippen molar-refractivity contribution in [1.29, 1.82) is 0 Å². The molecular weight excluding hydrogens is 237 g/mol. The van der Waals surface area contributed by atoms with E-state index in [2.05, 4.69) is 12.2 Å². The molecule has 0 saturated heterocycles. The fourth-order valence-electron chi connectivity index (χ4n) is 2.56. The second kappa shape index (κ2) is 6.51. The summed E-state index contributed by atoms with van der Waals surface area (Å²) in [5.41, 5.74) is 2.83. The van der Waals surface area contributed by atoms with Gasteiger partial charge in [0.1, 0.15) is 5.82 Å². The van der Waals surface area contributed by atoms with Gasteiger partial charge in [-0.3, -0.25) is 0 Å². The molecule has 0 aliphatic heterocycles. The molecule has 0 amide bonds. The van der Waals surface area contributed by atoms with Crippen LogP contribution in [0.4, 0.5) is 4.39 Å². The minimum Gasteiger partial charge on any atom is -0.314 e. The second-order valence-electron chi connectivity index (χ2n) is 6.20. The van der Waals surface area contributed by atoms with Crippen LogP contribution in [0.15, 0.2) is 12.1 Å². The Hall–Kier alpha value is -0.890. The number of benzene rings is 1. The Balaban J connectivity index is 1.74. The first-order chi connectivity index (χ1) is 9.06. The van der Waals surface area contributed by atoms with Crippen LogP contribution in [0.3, 0.4) is 0 Å². The van der Waals surface area contributed by atoms with Crippen molar-refractivity contribution >= 4 is 0 Å². The van der Waals surface area contributed by atoms with Gasteiger partial charge in [0.05, 0.1) is 0 Å². The van der Waals surface area contributed by atoms with Crippen molar-refractivity contribution < 1.29 is 4.39 Å². The summed E-state index contributed by atoms with van der Waals surface area (Å²) in [6, 6.07) is 4.81. The van der Waals surface area contributed by atoms with E-state index in [1.165, 1.54) is 31.2 Å². The van der Waals surface area contributed by atoms with Crippen LogP contribution in [-0.4, -0.2) is 12.6 Å². The van der Waals surface area contributed by atoms with Gasteiger partial charge < -0.3 is 5.32 Å². The van der Waals surface area contributed by atoms with E-state index in [1.807, 2.05) is 26.0 Å². The molecule has 0 spiro atoms. The Bertz CT molecular complexity index is 400. The van der Waals surface area contributed by atoms with Crippen LogP contribution in [0.2, 0.25) is 0 Å². The van der Waals surface area contributed by atoms with Crippen molar-refractivity contribution in [2.45, 2.75) is 58.9 Å². The molecule has 19 heavy (non-hydrogen) atoms. The lowest BCUT2D eigenvalue weighted by Crippen LogP contribution is -2.19. The van der Waals surface area contributed by atoms with E-state index in [-0.39, 0.29) is 5.82 Å². The highest BCUT2D eigenvalue weighted by atomic mass is 19.1. The molecule has 1 atom stereocenters. The summed E-state index contributed by atoms with van der Waals surface area (Å²) in [4.78, 5) is 0. The zero-order chi connectivity index (χ0) is 13.8. The highest BCUT2D eigenvalue weighted by Crippen LogP contribution is 2.20. The molecule has 1 fully saturated rings. The third-order valence-electron chi connectivity index (χ3n) is 4.07. The van der Waals surface area contributed by atoms with Crippen LogP contribution in [0.1, 0.15) is 49.3 Å². The average Bonchev–Trinajstić information content (AvgIpc) is 3.17. The van der Waals surface area contributed by atoms with E-state index in [4.69, 9.17) is 0 Å². The fourth-order valence-corrected chi connectivity index (χ4v) is 2.56. The molecule has 1 aliphatic rings. The summed E-state index contributed by atoms with van der Waals surface area (Å²) in [5, 5.41) is 3.56. The molecule has 0 bridgehead atoms. The summed E-state index contributed by atoms with van der Waals surface area (Å²) in [6.07, 6.45) is 6.23. The Kier molecular flexibility index (Phi) is 4.98. The molecule has 0 aromatic heterocycles. The second-order valence-corrected chi connectivity index (χ2v) is 6.20. The highest BCUT2D eigenvalue weighted by molar-refractivity contribution is 5.30. The number of nitrogens with one attached hydrogen (secondary N) is 1. The Morgan fingerprint density at radius 1 is 1.21 bits per heavy atom. The number of halogens is 1. The van der Waals surface area contributed by atoms with E-state index in [1.54, 1.807) is 0 Å². The lowest BCUT2D eigenvalue weighted by atomic mass is 9.96. The summed E-state index contributed by atoms with van der Waals surface area (Å²) in [7, 11) is 0. The van der Waals surface area contributed by atoms with Gasteiger partial charge in [-0.25, -0.2) is 4.39 Å². The van der Waals surface area contributed by atoms with E-state index in [0.717, 1.165) is 36.1 Å². The maximum absolute atomic E-state index is 13.5. The van der Waals surface area contributed by atoms with Gasteiger partial charge in [-0.1, -0.05) is 19.1 Å². The number of aryl methyl sites for hydroxylation is 3. The molecule has 2 rings (SSSR count). The molecule has 1 nitrogen and oxygen atoms in total. The van der Waals surface area contributed by atoms with Gasteiger partial charge in [0.25, 0.3) is 0 Å². The standard InChI is InChI=1S/C17H26FN/c1-12(8-9-19-16-6-7-16)4-5-15-10-13(2)17(18)14(3)11-15/h10-12,16,19H,4-9H2,1-3H3. The van der Waals surface area contributed by atoms with E-state index < -0.39 is 0 Å². The Morgan fingerprint density at radius 2 is 1.84 bits per heavy atom. The molecule has 0 radical (unpaired) electrons. The van der Waals surface area contributed by atoms with E-state index in [0.29, 0.717) is 0 Å². The molecule has 106 valence electrons. The number of hydrogen-bond acceptors (Lipinski definition) is 1. The van der Waals surface area contributed by atoms with Crippen LogP contribution in [0, 0.1) is 25.6 Å². The van der Waals surface area contributed by atoms with Crippen molar-refractivity contribution in [3.8, 4) is 0 Å². The van der Waals surface area contributed by atoms with Gasteiger partial charge in [0.2, 0.25) is 0 Å². The molecular formula is C17H26FN. The van der Waals surface area contributed by atoms with Gasteiger partial charge in [-0.15, -0.1) is 0 Å². The first-order valence-electron chi connectivity index (χ1n) is 7.55. The maximum atomic E-state index is 13.5.